The Morgan fingerprint density at radius 1 is 1.10 bits per heavy atom. The van der Waals surface area contributed by atoms with Crippen LogP contribution in [0.2, 0.25) is 0 Å². The van der Waals surface area contributed by atoms with Crippen LogP contribution in [0.25, 0.3) is 0 Å². The number of hydrogen-bond donors (Lipinski definition) is 4. The Hall–Kier alpha value is -3.97. The van der Waals surface area contributed by atoms with E-state index in [1.54, 1.807) is 44.4 Å². The summed E-state index contributed by atoms with van der Waals surface area (Å²) in [6.07, 6.45) is 0.377. The molecule has 0 bridgehead atoms. The first-order valence-electron chi connectivity index (χ1n) is 12.4. The number of carbonyl (C=O) groups is 2. The topological polar surface area (TPSA) is 149 Å². The molecule has 13 heteroatoms. The molecular formula is C27H33BrN4O8. The van der Waals surface area contributed by atoms with Crippen LogP contribution in [0.5, 0.6) is 23.0 Å². The smallest absolute Gasteiger partial charge is 0.337 e. The Morgan fingerprint density at radius 3 is 2.45 bits per heavy atom. The van der Waals surface area contributed by atoms with Crippen molar-refractivity contribution in [1.29, 1.82) is 0 Å². The van der Waals surface area contributed by atoms with E-state index in [9.17, 15) is 14.7 Å². The van der Waals surface area contributed by atoms with Gasteiger partial charge in [-0.3, -0.25) is 5.43 Å². The fourth-order valence-electron chi connectivity index (χ4n) is 3.89. The Bertz CT molecular complexity index is 1280. The Morgan fingerprint density at radius 2 is 1.80 bits per heavy atom. The highest BCUT2D eigenvalue weighted by Crippen LogP contribution is 2.35. The number of carbonyl (C=O) groups excluding carboxylic acids is 2. The van der Waals surface area contributed by atoms with Crippen LogP contribution in [0.3, 0.4) is 0 Å². The van der Waals surface area contributed by atoms with E-state index in [0.717, 1.165) is 4.47 Å². The number of rotatable bonds is 13. The summed E-state index contributed by atoms with van der Waals surface area (Å²) in [6.45, 7) is 6.00. The summed E-state index contributed by atoms with van der Waals surface area (Å²) >= 11 is 3.48. The molecule has 0 saturated carbocycles. The van der Waals surface area contributed by atoms with E-state index in [1.165, 1.54) is 13.3 Å². The zero-order valence-corrected chi connectivity index (χ0v) is 24.5. The lowest BCUT2D eigenvalue weighted by atomic mass is 9.95. The minimum atomic E-state index is -1.14. The molecule has 40 heavy (non-hydrogen) atoms. The monoisotopic (exact) mass is 620 g/mol. The first-order valence-corrected chi connectivity index (χ1v) is 13.2. The Kier molecular flexibility index (Phi) is 11.0. The van der Waals surface area contributed by atoms with Gasteiger partial charge in [-0.15, -0.1) is 0 Å². The number of ether oxygens (including phenoxy) is 5. The number of amides is 2. The van der Waals surface area contributed by atoms with E-state index in [0.29, 0.717) is 53.0 Å². The van der Waals surface area contributed by atoms with Crippen molar-refractivity contribution in [2.24, 2.45) is 5.10 Å². The van der Waals surface area contributed by atoms with Crippen LogP contribution in [-0.4, -0.2) is 63.6 Å². The van der Waals surface area contributed by atoms with E-state index < -0.39 is 24.3 Å². The van der Waals surface area contributed by atoms with Crippen molar-refractivity contribution < 1.29 is 38.4 Å². The Labute approximate surface area is 240 Å². The summed E-state index contributed by atoms with van der Waals surface area (Å²) < 4.78 is 28.1. The largest absolute Gasteiger partial charge is 0.493 e. The maximum Gasteiger partial charge on any atom is 0.337 e. The lowest BCUT2D eigenvalue weighted by molar-refractivity contribution is -0.136. The highest BCUT2D eigenvalue weighted by atomic mass is 79.9. The van der Waals surface area contributed by atoms with Gasteiger partial charge >= 0.3 is 12.0 Å². The van der Waals surface area contributed by atoms with Gasteiger partial charge in [0.05, 0.1) is 45.3 Å². The number of hydrazone groups is 1. The van der Waals surface area contributed by atoms with Crippen LogP contribution in [0, 0.1) is 0 Å². The van der Waals surface area contributed by atoms with Crippen molar-refractivity contribution in [1.82, 2.24) is 16.1 Å². The number of benzene rings is 2. The van der Waals surface area contributed by atoms with E-state index in [-0.39, 0.29) is 12.2 Å². The van der Waals surface area contributed by atoms with Gasteiger partial charge in [0, 0.05) is 15.7 Å². The number of allylic oxidation sites excluding steroid dienone is 1. The van der Waals surface area contributed by atoms with E-state index >= 15 is 0 Å². The minimum absolute atomic E-state index is 0.152. The van der Waals surface area contributed by atoms with Crippen LogP contribution >= 0.6 is 15.9 Å². The van der Waals surface area contributed by atoms with Crippen LogP contribution in [0.15, 0.2) is 51.2 Å². The third-order valence-corrected chi connectivity index (χ3v) is 6.37. The molecule has 4 N–H and O–H groups in total. The molecule has 0 fully saturated rings. The molecule has 1 aliphatic heterocycles. The van der Waals surface area contributed by atoms with E-state index in [1.807, 2.05) is 13.8 Å². The summed E-state index contributed by atoms with van der Waals surface area (Å²) in [4.78, 5) is 24.5. The first-order chi connectivity index (χ1) is 19.2. The lowest BCUT2D eigenvalue weighted by Crippen LogP contribution is -2.45. The summed E-state index contributed by atoms with van der Waals surface area (Å²) in [5.74, 6) is 1.31. The number of nitrogens with zero attached hydrogens (tertiary/aromatic N) is 1. The van der Waals surface area contributed by atoms with Crippen molar-refractivity contribution in [2.45, 2.75) is 33.0 Å². The summed E-state index contributed by atoms with van der Waals surface area (Å²) in [6, 6.07) is 7.34. The maximum atomic E-state index is 12.4. The number of methoxy groups -OCH3 is 2. The van der Waals surface area contributed by atoms with Gasteiger partial charge in [0.1, 0.15) is 6.61 Å². The van der Waals surface area contributed by atoms with Crippen molar-refractivity contribution >= 4 is 34.1 Å². The van der Waals surface area contributed by atoms with Gasteiger partial charge in [-0.2, -0.15) is 5.10 Å². The molecule has 2 aromatic rings. The molecule has 2 aromatic carbocycles. The van der Waals surface area contributed by atoms with Crippen LogP contribution in [-0.2, 0) is 9.53 Å². The number of halogens is 1. The third-order valence-electron chi connectivity index (χ3n) is 5.68. The molecule has 2 atom stereocenters. The van der Waals surface area contributed by atoms with Gasteiger partial charge in [-0.1, -0.05) is 6.07 Å². The molecule has 0 spiro atoms. The number of esters is 1. The molecule has 0 aliphatic carbocycles. The van der Waals surface area contributed by atoms with Crippen LogP contribution in [0.4, 0.5) is 4.79 Å². The molecule has 12 nitrogen and oxygen atoms in total. The van der Waals surface area contributed by atoms with Gasteiger partial charge in [0.25, 0.3) is 0 Å². The van der Waals surface area contributed by atoms with Gasteiger partial charge < -0.3 is 39.4 Å². The van der Waals surface area contributed by atoms with Crippen molar-refractivity contribution in [3.8, 4) is 23.0 Å². The maximum absolute atomic E-state index is 12.4. The zero-order chi connectivity index (χ0) is 29.2. The Balaban J connectivity index is 1.70. The quantitative estimate of drug-likeness (QED) is 0.114. The summed E-state index contributed by atoms with van der Waals surface area (Å²) in [5, 5.41) is 19.8. The molecule has 3 rings (SSSR count). The van der Waals surface area contributed by atoms with Crippen molar-refractivity contribution in [3.63, 3.8) is 0 Å². The normalized spacial score (nSPS) is 15.7. The minimum Gasteiger partial charge on any atom is -0.493 e. The standard InChI is InChI=1S/C27H33BrN4O8/c1-6-38-21-10-16(25-24(26(34)37-5)15(3)30-27(35)31-25)8-9-19(21)40-14-23(33)32-29-13-17-11-20(36-4)22(39-7-2)12-18(17)28/h8-13,23,25,32-33H,6-7,14H2,1-5H3,(H2,30,31,35)/b29-13-/t23-,25+/m1/s1. The zero-order valence-electron chi connectivity index (χ0n) is 22.9. The van der Waals surface area contributed by atoms with Crippen molar-refractivity contribution in [2.75, 3.05) is 34.0 Å². The lowest BCUT2D eigenvalue weighted by Gasteiger charge is -2.28. The fraction of sp³-hybridized carbons (Fsp3) is 0.370. The molecule has 0 radical (unpaired) electrons. The second-order valence-electron chi connectivity index (χ2n) is 8.37. The molecule has 216 valence electrons. The molecule has 0 saturated heterocycles. The van der Waals surface area contributed by atoms with Gasteiger partial charge in [-0.25, -0.2) is 9.59 Å². The average Bonchev–Trinajstić information content (AvgIpc) is 2.93. The van der Waals surface area contributed by atoms with Crippen LogP contribution < -0.4 is 35.0 Å². The summed E-state index contributed by atoms with van der Waals surface area (Å²) in [5.41, 5.74) is 4.57. The second-order valence-corrected chi connectivity index (χ2v) is 9.23. The second kappa shape index (κ2) is 14.4. The highest BCUT2D eigenvalue weighted by Gasteiger charge is 2.32. The number of urea groups is 1. The number of hydrogen-bond acceptors (Lipinski definition) is 10. The highest BCUT2D eigenvalue weighted by molar-refractivity contribution is 9.10. The predicted molar refractivity (Wildman–Crippen MR) is 151 cm³/mol. The molecule has 2 amide bonds. The first kappa shape index (κ1) is 30.6. The van der Waals surface area contributed by atoms with E-state index in [4.69, 9.17) is 23.7 Å². The molecule has 1 heterocycles. The number of aliphatic hydroxyl groups excluding tert-OH is 1. The van der Waals surface area contributed by atoms with Gasteiger partial charge in [0.2, 0.25) is 0 Å². The molecule has 1 aliphatic rings. The van der Waals surface area contributed by atoms with Gasteiger partial charge in [0.15, 0.2) is 29.2 Å². The summed E-state index contributed by atoms with van der Waals surface area (Å²) in [7, 11) is 2.82. The molecule has 0 aromatic heterocycles. The fourth-order valence-corrected chi connectivity index (χ4v) is 4.32. The number of aliphatic hydroxyl groups is 1. The SMILES string of the molecule is CCOc1cc(Br)c(/C=N\N[C@H](O)COc2ccc([C@@H]3NC(=O)NC(C)=C3C(=O)OC)cc2OCC)cc1OC. The third kappa shape index (κ3) is 7.57. The van der Waals surface area contributed by atoms with Crippen molar-refractivity contribution in [3.05, 3.63) is 57.2 Å². The molecular weight excluding hydrogens is 588 g/mol. The number of nitrogens with one attached hydrogen (secondary N) is 3. The van der Waals surface area contributed by atoms with Gasteiger partial charge in [-0.05, 0) is 66.5 Å². The van der Waals surface area contributed by atoms with E-state index in [2.05, 4.69) is 37.1 Å². The molecule has 0 unspecified atom stereocenters. The predicted octanol–water partition coefficient (Wildman–Crippen LogP) is 3.38. The van der Waals surface area contributed by atoms with Crippen LogP contribution in [0.1, 0.15) is 37.9 Å². The average molecular weight is 621 g/mol.